The zero-order valence-electron chi connectivity index (χ0n) is 15.7. The van der Waals surface area contributed by atoms with Crippen LogP contribution in [0.3, 0.4) is 0 Å². The second-order valence-corrected chi connectivity index (χ2v) is 6.83. The fourth-order valence-corrected chi connectivity index (χ4v) is 2.71. The SMILES string of the molecule is Cc1ccc(CCCNC(=O)[C@@H](C)Oc2ccccc2C(C)C)cc1. The highest BCUT2D eigenvalue weighted by Gasteiger charge is 2.16. The third-order valence-electron chi connectivity index (χ3n) is 4.28. The highest BCUT2D eigenvalue weighted by Crippen LogP contribution is 2.26. The van der Waals surface area contributed by atoms with Crippen LogP contribution >= 0.6 is 0 Å². The van der Waals surface area contributed by atoms with Crippen molar-refractivity contribution in [3.05, 3.63) is 65.2 Å². The number of carbonyl (C=O) groups is 1. The molecule has 0 unspecified atom stereocenters. The van der Waals surface area contributed by atoms with E-state index in [0.717, 1.165) is 24.2 Å². The van der Waals surface area contributed by atoms with Crippen molar-refractivity contribution in [1.29, 1.82) is 0 Å². The van der Waals surface area contributed by atoms with Crippen molar-refractivity contribution in [2.75, 3.05) is 6.54 Å². The van der Waals surface area contributed by atoms with Gasteiger partial charge in [0.25, 0.3) is 5.91 Å². The smallest absolute Gasteiger partial charge is 0.260 e. The normalized spacial score (nSPS) is 12.0. The lowest BCUT2D eigenvalue weighted by atomic mass is 10.0. The predicted molar refractivity (Wildman–Crippen MR) is 103 cm³/mol. The summed E-state index contributed by atoms with van der Waals surface area (Å²) in [5.74, 6) is 1.09. The van der Waals surface area contributed by atoms with Crippen LogP contribution in [0.15, 0.2) is 48.5 Å². The third-order valence-corrected chi connectivity index (χ3v) is 4.28. The Balaban J connectivity index is 1.78. The molecule has 2 aromatic carbocycles. The molecule has 3 nitrogen and oxygen atoms in total. The zero-order valence-corrected chi connectivity index (χ0v) is 15.7. The van der Waals surface area contributed by atoms with Gasteiger partial charge < -0.3 is 10.1 Å². The Bertz CT molecular complexity index is 677. The van der Waals surface area contributed by atoms with E-state index in [1.54, 1.807) is 6.92 Å². The maximum Gasteiger partial charge on any atom is 0.260 e. The van der Waals surface area contributed by atoms with Crippen molar-refractivity contribution in [2.45, 2.75) is 52.6 Å². The maximum atomic E-state index is 12.2. The molecule has 134 valence electrons. The molecule has 25 heavy (non-hydrogen) atoms. The first-order valence-electron chi connectivity index (χ1n) is 9.06. The number of rotatable bonds is 8. The fraction of sp³-hybridized carbons (Fsp3) is 0.409. The lowest BCUT2D eigenvalue weighted by Gasteiger charge is -2.18. The second kappa shape index (κ2) is 9.26. The molecule has 2 rings (SSSR count). The minimum atomic E-state index is -0.501. The van der Waals surface area contributed by atoms with Crippen LogP contribution in [0.5, 0.6) is 5.75 Å². The van der Waals surface area contributed by atoms with Crippen molar-refractivity contribution in [3.63, 3.8) is 0 Å². The van der Waals surface area contributed by atoms with Gasteiger partial charge in [0.2, 0.25) is 0 Å². The number of benzene rings is 2. The van der Waals surface area contributed by atoms with Crippen LogP contribution in [0.1, 0.15) is 49.8 Å². The summed E-state index contributed by atoms with van der Waals surface area (Å²) < 4.78 is 5.89. The Hall–Kier alpha value is -2.29. The van der Waals surface area contributed by atoms with Gasteiger partial charge in [-0.15, -0.1) is 0 Å². The second-order valence-electron chi connectivity index (χ2n) is 6.83. The van der Waals surface area contributed by atoms with Crippen LogP contribution in [0, 0.1) is 6.92 Å². The molecule has 0 heterocycles. The maximum absolute atomic E-state index is 12.2. The molecule has 0 aliphatic carbocycles. The number of amides is 1. The van der Waals surface area contributed by atoms with Gasteiger partial charge in [0.1, 0.15) is 5.75 Å². The van der Waals surface area contributed by atoms with Crippen molar-refractivity contribution in [1.82, 2.24) is 5.32 Å². The Kier molecular flexibility index (Phi) is 7.05. The molecule has 0 saturated heterocycles. The summed E-state index contributed by atoms with van der Waals surface area (Å²) in [5, 5.41) is 2.97. The van der Waals surface area contributed by atoms with E-state index in [2.05, 4.69) is 50.4 Å². The van der Waals surface area contributed by atoms with Crippen LogP contribution in [0.4, 0.5) is 0 Å². The highest BCUT2D eigenvalue weighted by molar-refractivity contribution is 5.80. The average Bonchev–Trinajstić information content (AvgIpc) is 2.60. The van der Waals surface area contributed by atoms with Gasteiger partial charge in [-0.05, 0) is 49.8 Å². The van der Waals surface area contributed by atoms with Crippen molar-refractivity contribution in [3.8, 4) is 5.75 Å². The number of para-hydroxylation sites is 1. The summed E-state index contributed by atoms with van der Waals surface area (Å²) in [6.45, 7) is 8.79. The first kappa shape index (κ1) is 19.0. The molecule has 2 aromatic rings. The van der Waals surface area contributed by atoms with Crippen molar-refractivity contribution < 1.29 is 9.53 Å². The van der Waals surface area contributed by atoms with E-state index in [4.69, 9.17) is 4.74 Å². The highest BCUT2D eigenvalue weighted by atomic mass is 16.5. The summed E-state index contributed by atoms with van der Waals surface area (Å²) in [7, 11) is 0. The number of carbonyl (C=O) groups excluding carboxylic acids is 1. The molecule has 1 atom stereocenters. The predicted octanol–water partition coefficient (Wildman–Crippen LogP) is 4.63. The van der Waals surface area contributed by atoms with Crippen LogP contribution in [0.2, 0.25) is 0 Å². The molecule has 0 aliphatic heterocycles. The standard InChI is InChI=1S/C22H29NO2/c1-16(2)20-9-5-6-10-21(20)25-18(4)22(24)23-15-7-8-19-13-11-17(3)12-14-19/h5-6,9-14,16,18H,7-8,15H2,1-4H3,(H,23,24)/t18-/m1/s1. The van der Waals surface area contributed by atoms with E-state index >= 15 is 0 Å². The summed E-state index contributed by atoms with van der Waals surface area (Å²) in [6.07, 6.45) is 1.38. The molecule has 0 radical (unpaired) electrons. The van der Waals surface area contributed by atoms with Gasteiger partial charge >= 0.3 is 0 Å². The molecule has 0 spiro atoms. The van der Waals surface area contributed by atoms with Gasteiger partial charge in [0.15, 0.2) is 6.10 Å². The molecule has 0 bridgehead atoms. The summed E-state index contributed by atoms with van der Waals surface area (Å²) in [6, 6.07) is 16.4. The van der Waals surface area contributed by atoms with Crippen molar-refractivity contribution in [2.24, 2.45) is 0 Å². The topological polar surface area (TPSA) is 38.3 Å². The molecular formula is C22H29NO2. The van der Waals surface area contributed by atoms with Gasteiger partial charge in [0.05, 0.1) is 0 Å². The van der Waals surface area contributed by atoms with Crippen LogP contribution in [0.25, 0.3) is 0 Å². The molecule has 0 aromatic heterocycles. The van der Waals surface area contributed by atoms with E-state index < -0.39 is 6.10 Å². The molecule has 1 amide bonds. The van der Waals surface area contributed by atoms with E-state index in [1.165, 1.54) is 11.1 Å². The first-order valence-corrected chi connectivity index (χ1v) is 9.06. The van der Waals surface area contributed by atoms with Crippen LogP contribution in [-0.4, -0.2) is 18.6 Å². The van der Waals surface area contributed by atoms with Gasteiger partial charge in [-0.2, -0.15) is 0 Å². The fourth-order valence-electron chi connectivity index (χ4n) is 2.71. The Morgan fingerprint density at radius 1 is 1.04 bits per heavy atom. The monoisotopic (exact) mass is 339 g/mol. The van der Waals surface area contributed by atoms with Gasteiger partial charge in [-0.1, -0.05) is 61.9 Å². The Labute approximate surface area is 151 Å². The molecule has 0 fully saturated rings. The molecule has 0 aliphatic rings. The minimum absolute atomic E-state index is 0.0672. The molecule has 0 saturated carbocycles. The quantitative estimate of drug-likeness (QED) is 0.712. The number of hydrogen-bond acceptors (Lipinski definition) is 2. The van der Waals surface area contributed by atoms with Crippen LogP contribution in [-0.2, 0) is 11.2 Å². The van der Waals surface area contributed by atoms with Gasteiger partial charge in [0, 0.05) is 6.54 Å². The number of nitrogens with one attached hydrogen (secondary N) is 1. The molecule has 1 N–H and O–H groups in total. The zero-order chi connectivity index (χ0) is 18.2. The molecular weight excluding hydrogens is 310 g/mol. The van der Waals surface area contributed by atoms with E-state index in [-0.39, 0.29) is 5.91 Å². The molecule has 3 heteroatoms. The minimum Gasteiger partial charge on any atom is -0.481 e. The summed E-state index contributed by atoms with van der Waals surface area (Å²) in [4.78, 5) is 12.2. The summed E-state index contributed by atoms with van der Waals surface area (Å²) in [5.41, 5.74) is 3.70. The first-order chi connectivity index (χ1) is 12.0. The Morgan fingerprint density at radius 3 is 2.40 bits per heavy atom. The van der Waals surface area contributed by atoms with E-state index in [9.17, 15) is 4.79 Å². The number of ether oxygens (including phenoxy) is 1. The van der Waals surface area contributed by atoms with Crippen molar-refractivity contribution >= 4 is 5.91 Å². The number of hydrogen-bond donors (Lipinski definition) is 1. The van der Waals surface area contributed by atoms with Gasteiger partial charge in [-0.25, -0.2) is 0 Å². The van der Waals surface area contributed by atoms with E-state index in [1.807, 2.05) is 24.3 Å². The lowest BCUT2D eigenvalue weighted by Crippen LogP contribution is -2.37. The number of aryl methyl sites for hydroxylation is 2. The largest absolute Gasteiger partial charge is 0.481 e. The third kappa shape index (κ3) is 5.93. The van der Waals surface area contributed by atoms with Crippen LogP contribution < -0.4 is 10.1 Å². The lowest BCUT2D eigenvalue weighted by molar-refractivity contribution is -0.127. The van der Waals surface area contributed by atoms with E-state index in [0.29, 0.717) is 12.5 Å². The summed E-state index contributed by atoms with van der Waals surface area (Å²) >= 11 is 0. The average molecular weight is 339 g/mol. The Morgan fingerprint density at radius 2 is 1.72 bits per heavy atom. The van der Waals surface area contributed by atoms with Gasteiger partial charge in [-0.3, -0.25) is 4.79 Å².